The molecule has 0 spiro atoms. The third-order valence-corrected chi connectivity index (χ3v) is 3.39. The highest BCUT2D eigenvalue weighted by atomic mass is 19.2. The summed E-state index contributed by atoms with van der Waals surface area (Å²) < 4.78 is 26.1. The van der Waals surface area contributed by atoms with Crippen LogP contribution in [0.5, 0.6) is 0 Å². The molecule has 3 rings (SSSR count). The van der Waals surface area contributed by atoms with Gasteiger partial charge in [0.2, 0.25) is 5.95 Å². The number of rotatable bonds is 4. The summed E-state index contributed by atoms with van der Waals surface area (Å²) in [4.78, 5) is 20.1. The lowest BCUT2D eigenvalue weighted by Crippen LogP contribution is -2.13. The highest BCUT2D eigenvalue weighted by Crippen LogP contribution is 2.18. The van der Waals surface area contributed by atoms with Crippen LogP contribution in [0.3, 0.4) is 0 Å². The first-order chi connectivity index (χ1) is 12.6. The van der Waals surface area contributed by atoms with Crippen molar-refractivity contribution in [1.29, 1.82) is 5.26 Å². The Balaban J connectivity index is 1.71. The van der Waals surface area contributed by atoms with Crippen molar-refractivity contribution in [3.8, 4) is 6.07 Å². The number of hydrogen-bond acceptors (Lipinski definition) is 5. The number of nitriles is 1. The highest BCUT2D eigenvalue weighted by Gasteiger charge is 2.10. The number of amides is 1. The minimum atomic E-state index is -1.06. The van der Waals surface area contributed by atoms with Crippen LogP contribution in [0.1, 0.15) is 15.9 Å². The molecule has 0 atom stereocenters. The summed E-state index contributed by atoms with van der Waals surface area (Å²) >= 11 is 0. The number of carbonyl (C=O) groups is 1. The number of anilines is 3. The molecular weight excluding hydrogens is 340 g/mol. The van der Waals surface area contributed by atoms with Gasteiger partial charge in [-0.2, -0.15) is 5.26 Å². The lowest BCUT2D eigenvalue weighted by molar-refractivity contribution is 0.102. The molecule has 6 nitrogen and oxygen atoms in total. The first-order valence-electron chi connectivity index (χ1n) is 7.41. The monoisotopic (exact) mass is 351 g/mol. The molecule has 0 saturated carbocycles. The summed E-state index contributed by atoms with van der Waals surface area (Å²) in [6.07, 6.45) is 2.55. The molecule has 1 amide bonds. The summed E-state index contributed by atoms with van der Waals surface area (Å²) in [6.45, 7) is 0. The van der Waals surface area contributed by atoms with Crippen LogP contribution in [0.4, 0.5) is 26.1 Å². The number of nitrogens with zero attached hydrogens (tertiary/aromatic N) is 3. The van der Waals surface area contributed by atoms with Gasteiger partial charge in [0, 0.05) is 24.1 Å². The molecule has 0 radical (unpaired) electrons. The quantitative estimate of drug-likeness (QED) is 0.749. The first kappa shape index (κ1) is 17.0. The van der Waals surface area contributed by atoms with Gasteiger partial charge in [0.25, 0.3) is 5.91 Å². The molecule has 0 fully saturated rings. The van der Waals surface area contributed by atoms with E-state index in [4.69, 9.17) is 5.26 Å². The topological polar surface area (TPSA) is 90.7 Å². The molecule has 2 aromatic carbocycles. The zero-order valence-electron chi connectivity index (χ0n) is 13.2. The van der Waals surface area contributed by atoms with Crippen molar-refractivity contribution in [2.24, 2.45) is 0 Å². The van der Waals surface area contributed by atoms with Gasteiger partial charge in [-0.15, -0.1) is 0 Å². The van der Waals surface area contributed by atoms with Gasteiger partial charge < -0.3 is 10.6 Å². The first-order valence-corrected chi connectivity index (χ1v) is 7.41. The number of hydrogen-bond donors (Lipinski definition) is 2. The van der Waals surface area contributed by atoms with Crippen molar-refractivity contribution < 1.29 is 13.6 Å². The Kier molecular flexibility index (Phi) is 4.80. The van der Waals surface area contributed by atoms with E-state index in [2.05, 4.69) is 20.6 Å². The second kappa shape index (κ2) is 7.36. The summed E-state index contributed by atoms with van der Waals surface area (Å²) in [5.41, 5.74) is 1.21. The number of benzene rings is 2. The van der Waals surface area contributed by atoms with Crippen LogP contribution in [-0.2, 0) is 0 Å². The maximum atomic E-state index is 13.2. The second-order valence-corrected chi connectivity index (χ2v) is 5.16. The summed E-state index contributed by atoms with van der Waals surface area (Å²) in [5.74, 6) is -2.42. The van der Waals surface area contributed by atoms with Gasteiger partial charge in [0.1, 0.15) is 6.07 Å². The van der Waals surface area contributed by atoms with Crippen LogP contribution >= 0.6 is 0 Å². The van der Waals surface area contributed by atoms with Gasteiger partial charge in [0.05, 0.1) is 16.8 Å². The number of para-hydroxylation sites is 1. The van der Waals surface area contributed by atoms with E-state index in [-0.39, 0.29) is 17.2 Å². The molecule has 1 aromatic heterocycles. The van der Waals surface area contributed by atoms with Crippen LogP contribution in [0.25, 0.3) is 0 Å². The third-order valence-electron chi connectivity index (χ3n) is 3.39. The van der Waals surface area contributed by atoms with Gasteiger partial charge in [-0.05, 0) is 24.3 Å². The van der Waals surface area contributed by atoms with Crippen molar-refractivity contribution in [3.05, 3.63) is 77.6 Å². The van der Waals surface area contributed by atoms with Crippen LogP contribution < -0.4 is 10.6 Å². The average molecular weight is 351 g/mol. The Labute approximate surface area is 147 Å². The zero-order chi connectivity index (χ0) is 18.5. The fraction of sp³-hybridized carbons (Fsp3) is 0. The van der Waals surface area contributed by atoms with Crippen molar-refractivity contribution in [2.75, 3.05) is 10.6 Å². The number of halogens is 2. The standard InChI is InChI=1S/C18H11F2N5O/c19-14-6-5-13(7-15(14)20)24-17(26)12-9-22-18(23-10-12)25-16-4-2-1-3-11(16)8-21/h1-7,9-10H,(H,24,26)(H,22,23,25). The van der Waals surface area contributed by atoms with E-state index in [9.17, 15) is 13.6 Å². The van der Waals surface area contributed by atoms with E-state index in [0.29, 0.717) is 11.3 Å². The molecule has 26 heavy (non-hydrogen) atoms. The molecular formula is C18H11F2N5O. The lowest BCUT2D eigenvalue weighted by Gasteiger charge is -2.08. The summed E-state index contributed by atoms with van der Waals surface area (Å²) in [7, 11) is 0. The van der Waals surface area contributed by atoms with E-state index in [1.54, 1.807) is 24.3 Å². The van der Waals surface area contributed by atoms with Crippen LogP contribution in [0.15, 0.2) is 54.9 Å². The van der Waals surface area contributed by atoms with Crippen molar-refractivity contribution in [3.63, 3.8) is 0 Å². The Bertz CT molecular complexity index is 999. The van der Waals surface area contributed by atoms with E-state index >= 15 is 0 Å². The fourth-order valence-corrected chi connectivity index (χ4v) is 2.10. The molecule has 3 aromatic rings. The second-order valence-electron chi connectivity index (χ2n) is 5.16. The Morgan fingerprint density at radius 2 is 1.77 bits per heavy atom. The molecule has 0 bridgehead atoms. The smallest absolute Gasteiger partial charge is 0.258 e. The fourth-order valence-electron chi connectivity index (χ4n) is 2.10. The predicted octanol–water partition coefficient (Wildman–Crippen LogP) is 3.62. The van der Waals surface area contributed by atoms with E-state index in [1.165, 1.54) is 18.5 Å². The van der Waals surface area contributed by atoms with Crippen molar-refractivity contribution in [2.45, 2.75) is 0 Å². The van der Waals surface area contributed by atoms with E-state index in [0.717, 1.165) is 12.1 Å². The minimum Gasteiger partial charge on any atom is -0.323 e. The Morgan fingerprint density at radius 1 is 1.04 bits per heavy atom. The van der Waals surface area contributed by atoms with Gasteiger partial charge in [0.15, 0.2) is 11.6 Å². The number of nitrogens with one attached hydrogen (secondary N) is 2. The molecule has 128 valence electrons. The van der Waals surface area contributed by atoms with Gasteiger partial charge in [-0.25, -0.2) is 18.7 Å². The third kappa shape index (κ3) is 3.79. The Morgan fingerprint density at radius 3 is 2.46 bits per heavy atom. The van der Waals surface area contributed by atoms with Crippen molar-refractivity contribution in [1.82, 2.24) is 9.97 Å². The molecule has 0 saturated heterocycles. The van der Waals surface area contributed by atoms with Crippen LogP contribution in [0.2, 0.25) is 0 Å². The predicted molar refractivity (Wildman–Crippen MR) is 90.8 cm³/mol. The Hall–Kier alpha value is -3.86. The molecule has 0 aliphatic carbocycles. The summed E-state index contributed by atoms with van der Waals surface area (Å²) in [6, 6.07) is 11.9. The van der Waals surface area contributed by atoms with Crippen LogP contribution in [-0.4, -0.2) is 15.9 Å². The molecule has 2 N–H and O–H groups in total. The van der Waals surface area contributed by atoms with E-state index < -0.39 is 17.5 Å². The minimum absolute atomic E-state index is 0.110. The maximum Gasteiger partial charge on any atom is 0.258 e. The highest BCUT2D eigenvalue weighted by molar-refractivity contribution is 6.03. The average Bonchev–Trinajstić information content (AvgIpc) is 2.66. The normalized spacial score (nSPS) is 10.0. The molecule has 1 heterocycles. The largest absolute Gasteiger partial charge is 0.323 e. The number of aromatic nitrogens is 2. The molecule has 0 unspecified atom stereocenters. The molecule has 0 aliphatic rings. The van der Waals surface area contributed by atoms with E-state index in [1.807, 2.05) is 6.07 Å². The molecule has 0 aliphatic heterocycles. The molecule has 8 heteroatoms. The summed E-state index contributed by atoms with van der Waals surface area (Å²) in [5, 5.41) is 14.4. The van der Waals surface area contributed by atoms with Gasteiger partial charge >= 0.3 is 0 Å². The van der Waals surface area contributed by atoms with Gasteiger partial charge in [-0.1, -0.05) is 12.1 Å². The van der Waals surface area contributed by atoms with Gasteiger partial charge in [-0.3, -0.25) is 4.79 Å². The maximum absolute atomic E-state index is 13.2. The van der Waals surface area contributed by atoms with Crippen molar-refractivity contribution >= 4 is 23.2 Å². The van der Waals surface area contributed by atoms with Crippen LogP contribution in [0, 0.1) is 23.0 Å². The zero-order valence-corrected chi connectivity index (χ0v) is 13.2. The lowest BCUT2D eigenvalue weighted by atomic mass is 10.2. The number of carbonyl (C=O) groups excluding carboxylic acids is 1. The SMILES string of the molecule is N#Cc1ccccc1Nc1ncc(C(=O)Nc2ccc(F)c(F)c2)cn1.